The summed E-state index contributed by atoms with van der Waals surface area (Å²) in [5.41, 5.74) is 0. The maximum atomic E-state index is 11.9. The van der Waals surface area contributed by atoms with Gasteiger partial charge in [0.2, 0.25) is 0 Å². The molecular formula is C12H16BrN3O2. The lowest BCUT2D eigenvalue weighted by Crippen LogP contribution is -2.48. The van der Waals surface area contributed by atoms with Crippen LogP contribution in [0.5, 0.6) is 5.75 Å². The summed E-state index contributed by atoms with van der Waals surface area (Å²) in [6.45, 7) is 3.44. The van der Waals surface area contributed by atoms with Gasteiger partial charge in [0.15, 0.2) is 12.4 Å². The van der Waals surface area contributed by atoms with Crippen LogP contribution in [0.1, 0.15) is 0 Å². The Bertz CT molecular complexity index is 420. The number of carbonyl (C=O) groups is 1. The molecule has 98 valence electrons. The van der Waals surface area contributed by atoms with Crippen LogP contribution in [0.25, 0.3) is 0 Å². The lowest BCUT2D eigenvalue weighted by Gasteiger charge is -2.32. The minimum Gasteiger partial charge on any atom is -0.481 e. The molecule has 0 unspecified atom stereocenters. The van der Waals surface area contributed by atoms with Crippen LogP contribution in [0.4, 0.5) is 0 Å². The third-order valence-electron chi connectivity index (χ3n) is 2.93. The summed E-state index contributed by atoms with van der Waals surface area (Å²) in [6.07, 6.45) is 1.67. The molecule has 0 aliphatic carbocycles. The Hall–Kier alpha value is -1.14. The molecule has 1 amide bonds. The summed E-state index contributed by atoms with van der Waals surface area (Å²) in [7, 11) is 2.06. The van der Waals surface area contributed by atoms with Crippen LogP contribution in [0, 0.1) is 0 Å². The molecule has 1 aliphatic rings. The van der Waals surface area contributed by atoms with Gasteiger partial charge in [-0.05, 0) is 35.1 Å². The third kappa shape index (κ3) is 3.43. The highest BCUT2D eigenvalue weighted by molar-refractivity contribution is 9.10. The van der Waals surface area contributed by atoms with E-state index >= 15 is 0 Å². The highest BCUT2D eigenvalue weighted by atomic mass is 79.9. The first kappa shape index (κ1) is 13.3. The first-order valence-electron chi connectivity index (χ1n) is 5.86. The van der Waals surface area contributed by atoms with Gasteiger partial charge in [-0.2, -0.15) is 0 Å². The summed E-state index contributed by atoms with van der Waals surface area (Å²) in [5, 5.41) is 0. The average molecular weight is 314 g/mol. The molecule has 0 radical (unpaired) electrons. The van der Waals surface area contributed by atoms with E-state index in [1.54, 1.807) is 18.3 Å². The van der Waals surface area contributed by atoms with E-state index in [1.165, 1.54) is 0 Å². The van der Waals surface area contributed by atoms with E-state index in [-0.39, 0.29) is 12.5 Å². The average Bonchev–Trinajstić information content (AvgIpc) is 2.38. The van der Waals surface area contributed by atoms with E-state index in [0.29, 0.717) is 10.4 Å². The molecule has 2 heterocycles. The molecule has 2 rings (SSSR count). The predicted molar refractivity (Wildman–Crippen MR) is 71.5 cm³/mol. The zero-order valence-corrected chi connectivity index (χ0v) is 11.9. The number of nitrogens with zero attached hydrogens (tertiary/aromatic N) is 3. The van der Waals surface area contributed by atoms with Gasteiger partial charge < -0.3 is 14.5 Å². The number of likely N-dealkylation sites (N-methyl/N-ethyl adjacent to an activating group) is 1. The van der Waals surface area contributed by atoms with Crippen molar-refractivity contribution in [2.24, 2.45) is 0 Å². The van der Waals surface area contributed by atoms with Crippen LogP contribution in [-0.4, -0.2) is 60.5 Å². The lowest BCUT2D eigenvalue weighted by atomic mass is 10.3. The number of hydrogen-bond donors (Lipinski definition) is 0. The molecular weight excluding hydrogens is 298 g/mol. The van der Waals surface area contributed by atoms with Gasteiger partial charge in [0, 0.05) is 32.4 Å². The fraction of sp³-hybridized carbons (Fsp3) is 0.500. The molecule has 1 aliphatic heterocycles. The molecule has 0 aromatic carbocycles. The summed E-state index contributed by atoms with van der Waals surface area (Å²) < 4.78 is 6.09. The van der Waals surface area contributed by atoms with E-state index in [4.69, 9.17) is 4.74 Å². The van der Waals surface area contributed by atoms with Crippen molar-refractivity contribution in [2.75, 3.05) is 39.8 Å². The minimum atomic E-state index is 0.0267. The fourth-order valence-electron chi connectivity index (χ4n) is 1.77. The van der Waals surface area contributed by atoms with Crippen LogP contribution in [-0.2, 0) is 4.79 Å². The number of aromatic nitrogens is 1. The molecule has 0 spiro atoms. The Morgan fingerprint density at radius 3 is 2.83 bits per heavy atom. The molecule has 0 N–H and O–H groups in total. The molecule has 1 saturated heterocycles. The van der Waals surface area contributed by atoms with Crippen LogP contribution >= 0.6 is 15.9 Å². The van der Waals surface area contributed by atoms with Gasteiger partial charge in [-0.25, -0.2) is 4.98 Å². The van der Waals surface area contributed by atoms with Gasteiger partial charge in [0.25, 0.3) is 5.91 Å². The number of ether oxygens (including phenoxy) is 1. The summed E-state index contributed by atoms with van der Waals surface area (Å²) in [4.78, 5) is 20.0. The van der Waals surface area contributed by atoms with E-state index in [1.807, 2.05) is 4.90 Å². The fourth-order valence-corrected chi connectivity index (χ4v) is 2.13. The van der Waals surface area contributed by atoms with Crippen LogP contribution in [0.3, 0.4) is 0 Å². The summed E-state index contributed by atoms with van der Waals surface area (Å²) in [5.74, 6) is 0.624. The lowest BCUT2D eigenvalue weighted by molar-refractivity contribution is -0.134. The first-order chi connectivity index (χ1) is 8.66. The molecule has 0 saturated carbocycles. The molecule has 1 fully saturated rings. The molecule has 0 atom stereocenters. The number of hydrogen-bond acceptors (Lipinski definition) is 4. The number of pyridine rings is 1. The zero-order valence-electron chi connectivity index (χ0n) is 10.3. The summed E-state index contributed by atoms with van der Waals surface area (Å²) in [6, 6.07) is 3.56. The molecule has 1 aromatic rings. The van der Waals surface area contributed by atoms with Gasteiger partial charge in [-0.15, -0.1) is 0 Å². The van der Waals surface area contributed by atoms with Crippen molar-refractivity contribution < 1.29 is 9.53 Å². The molecule has 5 nitrogen and oxygen atoms in total. The van der Waals surface area contributed by atoms with Gasteiger partial charge in [0.05, 0.1) is 0 Å². The topological polar surface area (TPSA) is 45.7 Å². The van der Waals surface area contributed by atoms with E-state index < -0.39 is 0 Å². The number of piperazine rings is 1. The number of rotatable bonds is 3. The van der Waals surface area contributed by atoms with E-state index in [9.17, 15) is 4.79 Å². The van der Waals surface area contributed by atoms with E-state index in [0.717, 1.165) is 26.2 Å². The summed E-state index contributed by atoms with van der Waals surface area (Å²) >= 11 is 3.28. The van der Waals surface area contributed by atoms with Crippen molar-refractivity contribution in [3.05, 3.63) is 22.9 Å². The monoisotopic (exact) mass is 313 g/mol. The van der Waals surface area contributed by atoms with Crippen LogP contribution in [0.15, 0.2) is 22.9 Å². The smallest absolute Gasteiger partial charge is 0.260 e. The van der Waals surface area contributed by atoms with Crippen molar-refractivity contribution in [3.63, 3.8) is 0 Å². The Kier molecular flexibility index (Phi) is 4.54. The second kappa shape index (κ2) is 6.15. The van der Waals surface area contributed by atoms with Gasteiger partial charge in [-0.1, -0.05) is 0 Å². The quantitative estimate of drug-likeness (QED) is 0.781. The second-order valence-electron chi connectivity index (χ2n) is 4.27. The maximum Gasteiger partial charge on any atom is 0.260 e. The first-order valence-corrected chi connectivity index (χ1v) is 6.66. The zero-order chi connectivity index (χ0) is 13.0. The number of carbonyl (C=O) groups excluding carboxylic acids is 1. The molecule has 18 heavy (non-hydrogen) atoms. The normalized spacial score (nSPS) is 16.7. The van der Waals surface area contributed by atoms with E-state index in [2.05, 4.69) is 32.9 Å². The Balaban J connectivity index is 1.83. The highest BCUT2D eigenvalue weighted by Crippen LogP contribution is 2.20. The van der Waals surface area contributed by atoms with Crippen molar-refractivity contribution in [1.82, 2.24) is 14.8 Å². The van der Waals surface area contributed by atoms with Gasteiger partial charge in [-0.3, -0.25) is 4.79 Å². The second-order valence-corrected chi connectivity index (χ2v) is 5.02. The SMILES string of the molecule is CN1CCN(C(=O)COc2cccnc2Br)CC1. The Labute approximate surface area is 115 Å². The van der Waals surface area contributed by atoms with Crippen molar-refractivity contribution in [1.29, 1.82) is 0 Å². The van der Waals surface area contributed by atoms with Gasteiger partial charge >= 0.3 is 0 Å². The Morgan fingerprint density at radius 1 is 1.44 bits per heavy atom. The van der Waals surface area contributed by atoms with Crippen molar-refractivity contribution >= 4 is 21.8 Å². The third-order valence-corrected chi connectivity index (χ3v) is 3.53. The van der Waals surface area contributed by atoms with Gasteiger partial charge in [0.1, 0.15) is 4.60 Å². The standard InChI is InChI=1S/C12H16BrN3O2/c1-15-5-7-16(8-6-15)11(17)9-18-10-3-2-4-14-12(10)13/h2-4H,5-9H2,1H3. The maximum absolute atomic E-state index is 11.9. The predicted octanol–water partition coefficient (Wildman–Crippen LogP) is 0.997. The number of halogens is 1. The largest absolute Gasteiger partial charge is 0.481 e. The molecule has 0 bridgehead atoms. The number of amides is 1. The minimum absolute atomic E-state index is 0.0267. The van der Waals surface area contributed by atoms with Crippen LogP contribution in [0.2, 0.25) is 0 Å². The Morgan fingerprint density at radius 2 is 2.17 bits per heavy atom. The van der Waals surface area contributed by atoms with Crippen LogP contribution < -0.4 is 4.74 Å². The molecule has 1 aromatic heterocycles. The van der Waals surface area contributed by atoms with Crippen molar-refractivity contribution in [2.45, 2.75) is 0 Å². The highest BCUT2D eigenvalue weighted by Gasteiger charge is 2.19. The van der Waals surface area contributed by atoms with Crippen molar-refractivity contribution in [3.8, 4) is 5.75 Å². The molecule has 6 heteroatoms.